The van der Waals surface area contributed by atoms with E-state index in [4.69, 9.17) is 4.74 Å². The number of nitrogens with zero attached hydrogens (tertiary/aromatic N) is 2. The smallest absolute Gasteiger partial charge is 0.243 e. The molecule has 0 atom stereocenters. The Labute approximate surface area is 209 Å². The van der Waals surface area contributed by atoms with Crippen molar-refractivity contribution in [1.82, 2.24) is 9.62 Å². The van der Waals surface area contributed by atoms with E-state index in [0.29, 0.717) is 30.3 Å². The maximum atomic E-state index is 13.6. The van der Waals surface area contributed by atoms with Crippen LogP contribution in [0.3, 0.4) is 0 Å². The number of amides is 1. The second-order valence-electron chi connectivity index (χ2n) is 7.77. The molecule has 1 saturated heterocycles. The number of anilines is 1. The lowest BCUT2D eigenvalue weighted by molar-refractivity contribution is -0.119. The summed E-state index contributed by atoms with van der Waals surface area (Å²) in [4.78, 5) is 12.4. The van der Waals surface area contributed by atoms with Gasteiger partial charge in [0.1, 0.15) is 12.4 Å². The van der Waals surface area contributed by atoms with E-state index < -0.39 is 32.5 Å². The van der Waals surface area contributed by atoms with Crippen molar-refractivity contribution in [1.29, 1.82) is 0 Å². The molecule has 1 fully saturated rings. The van der Waals surface area contributed by atoms with Crippen LogP contribution in [0.15, 0.2) is 53.4 Å². The van der Waals surface area contributed by atoms with Crippen molar-refractivity contribution in [3.8, 4) is 0 Å². The highest BCUT2D eigenvalue weighted by Crippen LogP contribution is 2.23. The Hall–Kier alpha value is -2.19. The van der Waals surface area contributed by atoms with Gasteiger partial charge in [0.15, 0.2) is 0 Å². The van der Waals surface area contributed by atoms with E-state index in [0.717, 1.165) is 10.6 Å². The van der Waals surface area contributed by atoms with Gasteiger partial charge in [-0.05, 0) is 35.9 Å². The number of rotatable bonds is 11. The molecule has 1 aliphatic rings. The van der Waals surface area contributed by atoms with Crippen molar-refractivity contribution in [3.63, 3.8) is 0 Å². The number of halogens is 1. The Morgan fingerprint density at radius 2 is 1.74 bits per heavy atom. The van der Waals surface area contributed by atoms with Gasteiger partial charge in [-0.25, -0.2) is 21.2 Å². The van der Waals surface area contributed by atoms with Crippen molar-refractivity contribution in [2.24, 2.45) is 0 Å². The summed E-state index contributed by atoms with van der Waals surface area (Å²) >= 11 is 1.44. The molecule has 1 aliphatic heterocycles. The molecule has 0 spiro atoms. The Bertz CT molecular complexity index is 1220. The molecule has 0 aliphatic carbocycles. The molecule has 192 valence electrons. The zero-order chi connectivity index (χ0) is 25.5. The molecule has 0 radical (unpaired) electrons. The fourth-order valence-electron chi connectivity index (χ4n) is 3.37. The van der Waals surface area contributed by atoms with Gasteiger partial charge in [0.05, 0.1) is 30.1 Å². The second-order valence-corrected chi connectivity index (χ2v) is 12.7. The summed E-state index contributed by atoms with van der Waals surface area (Å²) in [5.41, 5.74) is 0.753. The summed E-state index contributed by atoms with van der Waals surface area (Å²) in [6, 6.07) is 11.9. The van der Waals surface area contributed by atoms with Crippen LogP contribution >= 0.6 is 11.8 Å². The van der Waals surface area contributed by atoms with E-state index in [1.54, 1.807) is 18.2 Å². The highest BCUT2D eigenvalue weighted by molar-refractivity contribution is 7.98. The molecule has 1 N–H and O–H groups in total. The number of carbonyl (C=O) groups excluding carboxylic acids is 1. The number of thioether (sulfide) groups is 1. The van der Waals surface area contributed by atoms with Crippen LogP contribution in [0.2, 0.25) is 0 Å². The monoisotopic (exact) mass is 545 g/mol. The van der Waals surface area contributed by atoms with Crippen molar-refractivity contribution in [2.45, 2.75) is 10.6 Å². The number of carbonyl (C=O) groups is 1. The van der Waals surface area contributed by atoms with Crippen molar-refractivity contribution in [2.75, 3.05) is 55.7 Å². The van der Waals surface area contributed by atoms with Crippen LogP contribution in [-0.4, -0.2) is 78.4 Å². The molecule has 0 unspecified atom stereocenters. The minimum absolute atomic E-state index is 0.0351. The summed E-state index contributed by atoms with van der Waals surface area (Å²) in [5, 5.41) is 2.66. The maximum Gasteiger partial charge on any atom is 0.243 e. The molecule has 13 heteroatoms. The third-order valence-electron chi connectivity index (χ3n) is 5.20. The van der Waals surface area contributed by atoms with Crippen LogP contribution in [0.4, 0.5) is 10.1 Å². The summed E-state index contributed by atoms with van der Waals surface area (Å²) in [5.74, 6) is 0.189. The molecule has 0 aromatic heterocycles. The second kappa shape index (κ2) is 12.2. The summed E-state index contributed by atoms with van der Waals surface area (Å²) in [6.45, 7) is 0.959. The number of nitrogens with one attached hydrogen (secondary N) is 1. The average Bonchev–Trinajstić information content (AvgIpc) is 2.83. The number of benzene rings is 2. The van der Waals surface area contributed by atoms with Gasteiger partial charge in [-0.2, -0.15) is 16.1 Å². The van der Waals surface area contributed by atoms with Gasteiger partial charge in [0.2, 0.25) is 26.0 Å². The van der Waals surface area contributed by atoms with Crippen LogP contribution in [0.1, 0.15) is 5.56 Å². The lowest BCUT2D eigenvalue weighted by Gasteiger charge is -2.26. The van der Waals surface area contributed by atoms with Gasteiger partial charge >= 0.3 is 0 Å². The van der Waals surface area contributed by atoms with Gasteiger partial charge in [0.25, 0.3) is 0 Å². The molecule has 1 amide bonds. The normalized spacial score (nSPS) is 15.0. The summed E-state index contributed by atoms with van der Waals surface area (Å²) in [7, 11) is -7.53. The van der Waals surface area contributed by atoms with E-state index in [2.05, 4.69) is 5.32 Å². The number of sulfonamides is 2. The number of ether oxygens (including phenoxy) is 1. The third-order valence-corrected chi connectivity index (χ3v) is 9.27. The predicted molar refractivity (Wildman–Crippen MR) is 134 cm³/mol. The first kappa shape index (κ1) is 27.4. The Kier molecular flexibility index (Phi) is 9.53. The van der Waals surface area contributed by atoms with Crippen LogP contribution in [-0.2, 0) is 35.3 Å². The molecule has 2 aromatic rings. The highest BCUT2D eigenvalue weighted by Gasteiger charge is 2.27. The molecular weight excluding hydrogens is 517 g/mol. The largest absolute Gasteiger partial charge is 0.379 e. The Balaban J connectivity index is 1.56. The van der Waals surface area contributed by atoms with Crippen LogP contribution < -0.4 is 9.62 Å². The number of morpholine rings is 1. The zero-order valence-corrected chi connectivity index (χ0v) is 21.7. The minimum Gasteiger partial charge on any atom is -0.379 e. The zero-order valence-electron chi connectivity index (χ0n) is 19.2. The highest BCUT2D eigenvalue weighted by atomic mass is 32.2. The topological polar surface area (TPSA) is 113 Å². The van der Waals surface area contributed by atoms with Gasteiger partial charge in [-0.15, -0.1) is 0 Å². The van der Waals surface area contributed by atoms with Gasteiger partial charge in [0, 0.05) is 31.1 Å². The third kappa shape index (κ3) is 7.64. The van der Waals surface area contributed by atoms with Crippen LogP contribution in [0, 0.1) is 5.82 Å². The molecular formula is C22H28FN3O6S3. The molecule has 1 heterocycles. The van der Waals surface area contributed by atoms with Gasteiger partial charge < -0.3 is 10.1 Å². The lowest BCUT2D eigenvalue weighted by Crippen LogP contribution is -2.41. The van der Waals surface area contributed by atoms with Crippen molar-refractivity contribution >= 4 is 43.4 Å². The first-order chi connectivity index (χ1) is 16.6. The summed E-state index contributed by atoms with van der Waals surface area (Å²) < 4.78 is 71.3. The van der Waals surface area contributed by atoms with Crippen LogP contribution in [0.5, 0.6) is 0 Å². The number of hydrogen-bond donors (Lipinski definition) is 1. The van der Waals surface area contributed by atoms with E-state index in [1.807, 2.05) is 0 Å². The molecule has 35 heavy (non-hydrogen) atoms. The fourth-order valence-corrected chi connectivity index (χ4v) is 6.48. The van der Waals surface area contributed by atoms with Gasteiger partial charge in [-0.3, -0.25) is 9.10 Å². The first-order valence-corrected chi connectivity index (χ1v) is 15.3. The fraction of sp³-hybridized carbons (Fsp3) is 0.409. The lowest BCUT2D eigenvalue weighted by atomic mass is 10.2. The SMILES string of the molecule is CS(=O)(=O)N(CC(=O)NCCSCc1ccccc1F)c1ccc(S(=O)(=O)N2CCOCC2)cc1. The minimum atomic E-state index is -3.81. The predicted octanol–water partition coefficient (Wildman–Crippen LogP) is 1.66. The quantitative estimate of drug-likeness (QED) is 0.428. The van der Waals surface area contributed by atoms with Crippen LogP contribution in [0.25, 0.3) is 0 Å². The average molecular weight is 546 g/mol. The van der Waals surface area contributed by atoms with Crippen molar-refractivity contribution < 1.29 is 30.8 Å². The van der Waals surface area contributed by atoms with Gasteiger partial charge in [-0.1, -0.05) is 18.2 Å². The molecule has 2 aromatic carbocycles. The van der Waals surface area contributed by atoms with E-state index in [-0.39, 0.29) is 36.0 Å². The maximum absolute atomic E-state index is 13.6. The molecule has 9 nitrogen and oxygen atoms in total. The van der Waals surface area contributed by atoms with Crippen molar-refractivity contribution in [3.05, 3.63) is 59.9 Å². The Morgan fingerprint density at radius 1 is 1.09 bits per heavy atom. The molecule has 0 bridgehead atoms. The molecule has 0 saturated carbocycles. The standard InChI is InChI=1S/C22H28FN3O6S3/c1-34(28,29)26(16-22(27)24-10-15-33-17-18-4-2-3-5-21(18)23)19-6-8-20(9-7-19)35(30,31)25-11-13-32-14-12-25/h2-9H,10-17H2,1H3,(H,24,27). The molecule has 3 rings (SSSR count). The van der Waals surface area contributed by atoms with E-state index in [9.17, 15) is 26.0 Å². The summed E-state index contributed by atoms with van der Waals surface area (Å²) in [6.07, 6.45) is 0.975. The van der Waals surface area contributed by atoms with E-state index in [1.165, 1.54) is 46.4 Å². The van der Waals surface area contributed by atoms with E-state index >= 15 is 0 Å². The Morgan fingerprint density at radius 3 is 2.37 bits per heavy atom. The number of hydrogen-bond acceptors (Lipinski definition) is 7. The first-order valence-electron chi connectivity index (χ1n) is 10.8.